The zero-order valence-corrected chi connectivity index (χ0v) is 36.7. The standard InChI is InChI=1S/C42H66N8O10/c1-11-24(5)33(43-22-51)38(54)48-35-27(8)60-42(58)26(7)49(9)40(56)31(20-23(3)4)46-37(53)32-14-13-19-44-50(32)41(57)34(25(6)12-2)47-36(52)30(45-39(35)55)21-28-15-17-29(59-10)18-16-28/h15-18,22-27,30-35,44H,11-14,19-21H2,1-10H3,(H,43,51)(H,45,55)(H,46,53)(H,47,52)(H,48,54)/t24-,25+,26+,27-,30-,31+,32+,33+,34-,35+/m1/s1. The second-order valence-corrected chi connectivity index (χ2v) is 16.4. The molecule has 10 atom stereocenters. The van der Waals surface area contributed by atoms with Crippen LogP contribution in [0.4, 0.5) is 0 Å². The summed E-state index contributed by atoms with van der Waals surface area (Å²) in [6, 6.07) is -1.74. The minimum atomic E-state index is -1.61. The van der Waals surface area contributed by atoms with Gasteiger partial charge in [0.2, 0.25) is 35.9 Å². The number of methoxy groups -OCH3 is 1. The van der Waals surface area contributed by atoms with Crippen LogP contribution in [0.3, 0.4) is 0 Å². The maximum Gasteiger partial charge on any atom is 0.328 e. The van der Waals surface area contributed by atoms with Crippen molar-refractivity contribution >= 4 is 47.8 Å². The highest BCUT2D eigenvalue weighted by Crippen LogP contribution is 2.20. The lowest BCUT2D eigenvalue weighted by atomic mass is 9.95. The number of ether oxygens (including phenoxy) is 2. The summed E-state index contributed by atoms with van der Waals surface area (Å²) in [6.07, 6.45) is 0.894. The molecule has 0 saturated carbocycles. The molecule has 0 radical (unpaired) electrons. The molecule has 334 valence electrons. The van der Waals surface area contributed by atoms with E-state index < -0.39 is 95.7 Å². The highest BCUT2D eigenvalue weighted by atomic mass is 16.5. The molecule has 1 aromatic rings. The van der Waals surface area contributed by atoms with Crippen LogP contribution in [0, 0.1) is 17.8 Å². The van der Waals surface area contributed by atoms with E-state index >= 15 is 0 Å². The number of carbonyl (C=O) groups excluding carboxylic acids is 8. The fraction of sp³-hybridized carbons (Fsp3) is 0.667. The number of benzene rings is 1. The van der Waals surface area contributed by atoms with Gasteiger partial charge in [-0.05, 0) is 68.6 Å². The van der Waals surface area contributed by atoms with E-state index in [1.165, 1.54) is 33.0 Å². The van der Waals surface area contributed by atoms with E-state index in [-0.39, 0.29) is 31.1 Å². The van der Waals surface area contributed by atoms with Crippen molar-refractivity contribution in [1.82, 2.24) is 41.9 Å². The van der Waals surface area contributed by atoms with E-state index in [0.29, 0.717) is 43.5 Å². The van der Waals surface area contributed by atoms with E-state index in [0.717, 1.165) is 4.90 Å². The molecule has 18 heteroatoms. The average molecular weight is 843 g/mol. The van der Waals surface area contributed by atoms with Crippen LogP contribution < -0.4 is 36.7 Å². The summed E-state index contributed by atoms with van der Waals surface area (Å²) in [7, 11) is 2.90. The van der Waals surface area contributed by atoms with Crippen LogP contribution in [-0.2, 0) is 49.5 Å². The van der Waals surface area contributed by atoms with Gasteiger partial charge in [0.15, 0.2) is 0 Å². The van der Waals surface area contributed by atoms with Gasteiger partial charge in [0, 0.05) is 20.0 Å². The second kappa shape index (κ2) is 22.9. The molecule has 1 aromatic carbocycles. The van der Waals surface area contributed by atoms with Gasteiger partial charge in [-0.25, -0.2) is 10.2 Å². The Kier molecular flexibility index (Phi) is 18.8. The molecule has 7 amide bonds. The van der Waals surface area contributed by atoms with Crippen molar-refractivity contribution in [3.8, 4) is 5.75 Å². The van der Waals surface area contributed by atoms with Gasteiger partial charge in [0.25, 0.3) is 5.91 Å². The zero-order chi connectivity index (χ0) is 44.8. The monoisotopic (exact) mass is 842 g/mol. The Morgan fingerprint density at radius 3 is 2.15 bits per heavy atom. The van der Waals surface area contributed by atoms with E-state index in [4.69, 9.17) is 9.47 Å². The minimum absolute atomic E-state index is 0.0644. The number of amides is 7. The summed E-state index contributed by atoms with van der Waals surface area (Å²) >= 11 is 0. The highest BCUT2D eigenvalue weighted by Gasteiger charge is 2.42. The molecule has 0 bridgehead atoms. The Hall–Kier alpha value is -5.26. The molecule has 0 unspecified atom stereocenters. The van der Waals surface area contributed by atoms with Gasteiger partial charge >= 0.3 is 5.97 Å². The molecule has 0 aromatic heterocycles. The van der Waals surface area contributed by atoms with Crippen LogP contribution in [0.1, 0.15) is 93.1 Å². The second-order valence-electron chi connectivity index (χ2n) is 16.4. The summed E-state index contributed by atoms with van der Waals surface area (Å²) in [4.78, 5) is 112. The summed E-state index contributed by atoms with van der Waals surface area (Å²) in [6.45, 7) is 14.1. The Bertz CT molecular complexity index is 1680. The number of fused-ring (bicyclic) bond motifs is 1. The molecule has 18 nitrogen and oxygen atoms in total. The Labute approximate surface area is 353 Å². The fourth-order valence-corrected chi connectivity index (χ4v) is 7.12. The van der Waals surface area contributed by atoms with Crippen molar-refractivity contribution in [3.05, 3.63) is 29.8 Å². The van der Waals surface area contributed by atoms with E-state index in [1.54, 1.807) is 38.1 Å². The van der Waals surface area contributed by atoms with Gasteiger partial charge in [-0.3, -0.25) is 38.6 Å². The third-order valence-corrected chi connectivity index (χ3v) is 11.5. The van der Waals surface area contributed by atoms with Crippen LogP contribution >= 0.6 is 0 Å². The number of rotatable bonds is 13. The number of esters is 1. The molecular formula is C42H66N8O10. The van der Waals surface area contributed by atoms with E-state index in [9.17, 15) is 38.4 Å². The van der Waals surface area contributed by atoms with Crippen LogP contribution in [0.2, 0.25) is 0 Å². The normalized spacial score (nSPS) is 26.8. The lowest BCUT2D eigenvalue weighted by Gasteiger charge is -2.39. The number of cyclic esters (lactones) is 1. The van der Waals surface area contributed by atoms with Crippen molar-refractivity contribution in [2.75, 3.05) is 20.7 Å². The zero-order valence-electron chi connectivity index (χ0n) is 36.7. The Balaban J connectivity index is 2.21. The molecule has 2 saturated heterocycles. The van der Waals surface area contributed by atoms with Gasteiger partial charge in [0.05, 0.1) is 7.11 Å². The number of nitrogens with zero attached hydrogens (tertiary/aromatic N) is 2. The van der Waals surface area contributed by atoms with Gasteiger partial charge < -0.3 is 41.0 Å². The first-order valence-corrected chi connectivity index (χ1v) is 21.0. The smallest absolute Gasteiger partial charge is 0.328 e. The van der Waals surface area contributed by atoms with Crippen LogP contribution in [-0.4, -0.2) is 127 Å². The van der Waals surface area contributed by atoms with Crippen molar-refractivity contribution in [2.24, 2.45) is 17.8 Å². The van der Waals surface area contributed by atoms with Crippen molar-refractivity contribution in [1.29, 1.82) is 0 Å². The molecule has 3 rings (SSSR count). The Morgan fingerprint density at radius 1 is 0.917 bits per heavy atom. The van der Waals surface area contributed by atoms with Crippen LogP contribution in [0.25, 0.3) is 0 Å². The van der Waals surface area contributed by atoms with Gasteiger partial charge in [-0.2, -0.15) is 0 Å². The van der Waals surface area contributed by atoms with Gasteiger partial charge in [0.1, 0.15) is 54.1 Å². The maximum atomic E-state index is 14.5. The molecular weight excluding hydrogens is 777 g/mol. The van der Waals surface area contributed by atoms with Crippen molar-refractivity contribution in [2.45, 2.75) is 142 Å². The number of nitrogens with one attached hydrogen (secondary N) is 6. The number of hydrogen-bond acceptors (Lipinski definition) is 11. The number of carbonyl (C=O) groups is 8. The summed E-state index contributed by atoms with van der Waals surface area (Å²) < 4.78 is 11.1. The van der Waals surface area contributed by atoms with Gasteiger partial charge in [-0.1, -0.05) is 66.5 Å². The molecule has 2 heterocycles. The highest BCUT2D eigenvalue weighted by molar-refractivity contribution is 5.98. The molecule has 2 aliphatic heterocycles. The first kappa shape index (κ1) is 49.1. The number of hydrazine groups is 1. The topological polar surface area (TPSA) is 234 Å². The van der Waals surface area contributed by atoms with E-state index in [2.05, 4.69) is 32.0 Å². The summed E-state index contributed by atoms with van der Waals surface area (Å²) in [5, 5.41) is 14.8. The average Bonchev–Trinajstić information content (AvgIpc) is 3.23. The van der Waals surface area contributed by atoms with E-state index in [1.807, 2.05) is 27.7 Å². The summed E-state index contributed by atoms with van der Waals surface area (Å²) in [5.74, 6) is -5.37. The molecule has 2 aliphatic rings. The molecule has 6 N–H and O–H groups in total. The van der Waals surface area contributed by atoms with Gasteiger partial charge in [-0.15, -0.1) is 0 Å². The number of hydrogen-bond donors (Lipinski definition) is 6. The lowest BCUT2D eigenvalue weighted by Crippen LogP contribution is -2.66. The third kappa shape index (κ3) is 12.9. The fourth-order valence-electron chi connectivity index (χ4n) is 7.12. The third-order valence-electron chi connectivity index (χ3n) is 11.5. The van der Waals surface area contributed by atoms with Crippen molar-refractivity contribution in [3.63, 3.8) is 0 Å². The summed E-state index contributed by atoms with van der Waals surface area (Å²) in [5.41, 5.74) is 3.65. The quantitative estimate of drug-likeness (QED) is 0.120. The molecule has 60 heavy (non-hydrogen) atoms. The molecule has 2 fully saturated rings. The maximum absolute atomic E-state index is 14.5. The number of likely N-dealkylation sites (N-methyl/N-ethyl adjacent to an activating group) is 1. The lowest BCUT2D eigenvalue weighted by molar-refractivity contribution is -0.161. The van der Waals surface area contributed by atoms with Crippen LogP contribution in [0.15, 0.2) is 24.3 Å². The first-order valence-electron chi connectivity index (χ1n) is 21.0. The predicted octanol–water partition coefficient (Wildman–Crippen LogP) is 0.718. The van der Waals surface area contributed by atoms with Crippen LogP contribution in [0.5, 0.6) is 5.75 Å². The van der Waals surface area contributed by atoms with Crippen molar-refractivity contribution < 1.29 is 47.8 Å². The molecule has 0 spiro atoms. The first-order chi connectivity index (χ1) is 28.4. The predicted molar refractivity (Wildman–Crippen MR) is 221 cm³/mol. The minimum Gasteiger partial charge on any atom is -0.497 e. The Morgan fingerprint density at radius 2 is 1.57 bits per heavy atom. The SMILES string of the molecule is CC[C@@H](C)[C@H](NC=O)C(=O)N[C@@H]1C(=O)N[C@H](Cc2ccc(OC)cc2)C(=O)N[C@H]([C@@H](C)CC)C(=O)N2NCCC[C@H]2C(=O)N[C@@H](CC(C)C)C(=O)N(C)[C@@H](C)C(=O)O[C@@H]1C. The largest absolute Gasteiger partial charge is 0.497 e. The molecule has 0 aliphatic carbocycles.